The van der Waals surface area contributed by atoms with Crippen molar-refractivity contribution in [1.82, 2.24) is 14.5 Å². The third-order valence-electron chi connectivity index (χ3n) is 3.89. The van der Waals surface area contributed by atoms with E-state index < -0.39 is 5.60 Å². The van der Waals surface area contributed by atoms with Crippen LogP contribution in [0.3, 0.4) is 0 Å². The molecule has 0 bridgehead atoms. The summed E-state index contributed by atoms with van der Waals surface area (Å²) < 4.78 is 7.07. The van der Waals surface area contributed by atoms with E-state index in [1.807, 2.05) is 28.8 Å². The molecule has 0 fully saturated rings. The molecule has 2 N–H and O–H groups in total. The van der Waals surface area contributed by atoms with Gasteiger partial charge in [-0.05, 0) is 26.3 Å². The first-order valence-corrected chi connectivity index (χ1v) is 8.68. The number of aliphatic hydroxyl groups is 1. The minimum Gasteiger partial charge on any atom is -0.389 e. The molecule has 1 aromatic carbocycles. The molecule has 0 unspecified atom stereocenters. The Balaban J connectivity index is 2.16. The Morgan fingerprint density at radius 1 is 1.28 bits per heavy atom. The van der Waals surface area contributed by atoms with Crippen LogP contribution in [0.2, 0.25) is 5.15 Å². The quantitative estimate of drug-likeness (QED) is 0.497. The average molecular weight is 363 g/mol. The van der Waals surface area contributed by atoms with Crippen LogP contribution < -0.4 is 5.32 Å². The summed E-state index contributed by atoms with van der Waals surface area (Å²) in [7, 11) is 1.68. The van der Waals surface area contributed by atoms with Gasteiger partial charge in [-0.3, -0.25) is 0 Å². The molecule has 25 heavy (non-hydrogen) atoms. The lowest BCUT2D eigenvalue weighted by Crippen LogP contribution is -2.27. The van der Waals surface area contributed by atoms with Gasteiger partial charge in [0.05, 0.1) is 23.2 Å². The normalized spacial score (nSPS) is 12.2. The summed E-state index contributed by atoms with van der Waals surface area (Å²) in [5, 5.41) is 15.0. The number of halogens is 1. The monoisotopic (exact) mass is 362 g/mol. The topological polar surface area (TPSA) is 72.2 Å². The summed E-state index contributed by atoms with van der Waals surface area (Å²) in [5.74, 6) is 0.674. The lowest BCUT2D eigenvalue weighted by Gasteiger charge is -2.21. The van der Waals surface area contributed by atoms with E-state index in [0.29, 0.717) is 36.3 Å². The number of aromatic nitrogens is 3. The van der Waals surface area contributed by atoms with E-state index in [0.717, 1.165) is 22.8 Å². The molecule has 2 heterocycles. The van der Waals surface area contributed by atoms with Crippen LogP contribution in [0.1, 0.15) is 20.3 Å². The number of nitrogens with one attached hydrogen (secondary N) is 1. The van der Waals surface area contributed by atoms with Crippen LogP contribution in [0, 0.1) is 0 Å². The Morgan fingerprint density at radius 3 is 2.76 bits per heavy atom. The molecule has 0 saturated carbocycles. The highest BCUT2D eigenvalue weighted by Crippen LogP contribution is 2.32. The first-order valence-electron chi connectivity index (χ1n) is 8.30. The van der Waals surface area contributed by atoms with E-state index in [9.17, 15) is 5.11 Å². The zero-order valence-corrected chi connectivity index (χ0v) is 15.5. The fraction of sp³-hybridized carbons (Fsp3) is 0.444. The highest BCUT2D eigenvalue weighted by Gasteiger charge is 2.22. The highest BCUT2D eigenvalue weighted by atomic mass is 35.5. The fourth-order valence-corrected chi connectivity index (χ4v) is 3.12. The van der Waals surface area contributed by atoms with Crippen molar-refractivity contribution in [3.63, 3.8) is 0 Å². The molecule has 0 amide bonds. The van der Waals surface area contributed by atoms with Crippen molar-refractivity contribution in [2.75, 3.05) is 25.6 Å². The SMILES string of the molecule is COCCCNc1nc2c(Cl)nc3ccccc3c2n1CC(C)(C)O. The number of para-hydroxylation sites is 1. The van der Waals surface area contributed by atoms with E-state index in [1.54, 1.807) is 21.0 Å². The minimum absolute atomic E-state index is 0.364. The van der Waals surface area contributed by atoms with Crippen LogP contribution >= 0.6 is 11.6 Å². The molecule has 0 atom stereocenters. The van der Waals surface area contributed by atoms with Crippen LogP contribution in [0.25, 0.3) is 21.9 Å². The lowest BCUT2D eigenvalue weighted by molar-refractivity contribution is 0.0632. The van der Waals surface area contributed by atoms with Gasteiger partial charge >= 0.3 is 0 Å². The molecule has 2 aromatic heterocycles. The number of fused-ring (bicyclic) bond motifs is 3. The molecule has 3 rings (SSSR count). The number of methoxy groups -OCH3 is 1. The van der Waals surface area contributed by atoms with Crippen LogP contribution in [-0.4, -0.2) is 45.5 Å². The second-order valence-corrected chi connectivity index (χ2v) is 7.08. The molecule has 134 valence electrons. The van der Waals surface area contributed by atoms with Gasteiger partial charge in [0.25, 0.3) is 0 Å². The van der Waals surface area contributed by atoms with Gasteiger partial charge in [0, 0.05) is 25.6 Å². The number of anilines is 1. The summed E-state index contributed by atoms with van der Waals surface area (Å²) >= 11 is 6.38. The molecule has 3 aromatic rings. The van der Waals surface area contributed by atoms with Crippen molar-refractivity contribution in [3.8, 4) is 0 Å². The Kier molecular flexibility index (Phi) is 5.13. The second kappa shape index (κ2) is 7.15. The van der Waals surface area contributed by atoms with Crippen LogP contribution in [0.5, 0.6) is 0 Å². The molecule has 0 saturated heterocycles. The number of hydrogen-bond donors (Lipinski definition) is 2. The number of benzene rings is 1. The molecule has 0 aliphatic heterocycles. The van der Waals surface area contributed by atoms with Gasteiger partial charge in [-0.2, -0.15) is 0 Å². The van der Waals surface area contributed by atoms with Gasteiger partial charge < -0.3 is 19.7 Å². The molecule has 0 aliphatic rings. The number of imidazole rings is 1. The van der Waals surface area contributed by atoms with Gasteiger partial charge in [0.2, 0.25) is 5.95 Å². The Morgan fingerprint density at radius 2 is 2.04 bits per heavy atom. The summed E-state index contributed by atoms with van der Waals surface area (Å²) in [6.07, 6.45) is 0.856. The molecule has 0 radical (unpaired) electrons. The van der Waals surface area contributed by atoms with E-state index in [4.69, 9.17) is 16.3 Å². The van der Waals surface area contributed by atoms with Gasteiger partial charge in [0.15, 0.2) is 5.15 Å². The maximum absolute atomic E-state index is 10.4. The summed E-state index contributed by atoms with van der Waals surface area (Å²) in [5.41, 5.74) is 1.43. The zero-order chi connectivity index (χ0) is 18.0. The van der Waals surface area contributed by atoms with E-state index in [1.165, 1.54) is 0 Å². The maximum Gasteiger partial charge on any atom is 0.204 e. The molecular weight excluding hydrogens is 340 g/mol. The predicted molar refractivity (Wildman–Crippen MR) is 101 cm³/mol. The van der Waals surface area contributed by atoms with Crippen molar-refractivity contribution >= 4 is 39.5 Å². The Hall–Kier alpha value is -1.89. The predicted octanol–water partition coefficient (Wildman–Crippen LogP) is 3.46. The molecule has 7 heteroatoms. The first kappa shape index (κ1) is 17.9. The number of nitrogens with zero attached hydrogens (tertiary/aromatic N) is 3. The van der Waals surface area contributed by atoms with Gasteiger partial charge in [0.1, 0.15) is 5.52 Å². The van der Waals surface area contributed by atoms with Crippen molar-refractivity contribution < 1.29 is 9.84 Å². The van der Waals surface area contributed by atoms with E-state index >= 15 is 0 Å². The molecule has 0 spiro atoms. The first-order chi connectivity index (χ1) is 11.9. The van der Waals surface area contributed by atoms with E-state index in [2.05, 4.69) is 15.3 Å². The Labute approximate surface area is 151 Å². The molecular formula is C18H23ClN4O2. The Bertz CT molecular complexity index is 886. The minimum atomic E-state index is -0.895. The van der Waals surface area contributed by atoms with Crippen LogP contribution in [0.15, 0.2) is 24.3 Å². The number of pyridine rings is 1. The lowest BCUT2D eigenvalue weighted by atomic mass is 10.1. The van der Waals surface area contributed by atoms with Gasteiger partial charge in [-0.15, -0.1) is 0 Å². The van der Waals surface area contributed by atoms with Crippen LogP contribution in [0.4, 0.5) is 5.95 Å². The van der Waals surface area contributed by atoms with E-state index in [-0.39, 0.29) is 0 Å². The fourth-order valence-electron chi connectivity index (χ4n) is 2.89. The summed E-state index contributed by atoms with van der Waals surface area (Å²) in [6, 6.07) is 7.81. The zero-order valence-electron chi connectivity index (χ0n) is 14.7. The van der Waals surface area contributed by atoms with Crippen molar-refractivity contribution in [1.29, 1.82) is 0 Å². The van der Waals surface area contributed by atoms with Gasteiger partial charge in [-0.1, -0.05) is 29.8 Å². The summed E-state index contributed by atoms with van der Waals surface area (Å²) in [4.78, 5) is 9.09. The maximum atomic E-state index is 10.4. The van der Waals surface area contributed by atoms with Crippen molar-refractivity contribution in [2.45, 2.75) is 32.4 Å². The molecule has 6 nitrogen and oxygen atoms in total. The number of hydrogen-bond acceptors (Lipinski definition) is 5. The number of rotatable bonds is 7. The van der Waals surface area contributed by atoms with Crippen LogP contribution in [-0.2, 0) is 11.3 Å². The highest BCUT2D eigenvalue weighted by molar-refractivity contribution is 6.35. The number of ether oxygens (including phenoxy) is 1. The van der Waals surface area contributed by atoms with Gasteiger partial charge in [-0.25, -0.2) is 9.97 Å². The second-order valence-electron chi connectivity index (χ2n) is 6.72. The molecule has 0 aliphatic carbocycles. The smallest absolute Gasteiger partial charge is 0.204 e. The largest absolute Gasteiger partial charge is 0.389 e. The third kappa shape index (κ3) is 3.86. The van der Waals surface area contributed by atoms with Crippen molar-refractivity contribution in [3.05, 3.63) is 29.4 Å². The van der Waals surface area contributed by atoms with Crippen molar-refractivity contribution in [2.24, 2.45) is 0 Å². The standard InChI is InChI=1S/C18H23ClN4O2/c1-18(2,24)11-23-15-12-7-4-5-8-13(12)21-16(19)14(15)22-17(23)20-9-6-10-25-3/h4-5,7-8,24H,6,9-11H2,1-3H3,(H,20,22). The summed E-state index contributed by atoms with van der Waals surface area (Å²) in [6.45, 7) is 5.33. The third-order valence-corrected chi connectivity index (χ3v) is 4.16. The average Bonchev–Trinajstić information content (AvgIpc) is 2.89.